The minimum atomic E-state index is -0.535. The van der Waals surface area contributed by atoms with Gasteiger partial charge in [-0.3, -0.25) is 0 Å². The van der Waals surface area contributed by atoms with E-state index in [1.165, 1.54) is 6.07 Å². The maximum atomic E-state index is 14.4. The molecule has 0 bridgehead atoms. The molecule has 2 fully saturated rings. The SMILES string of the molecule is CC(C)(C)OC(=O)N1CCC(c2cc(OC3CC3)c(N)cc2F)C1. The van der Waals surface area contributed by atoms with Crippen LogP contribution in [0.2, 0.25) is 0 Å². The number of nitrogen functional groups attached to an aromatic ring is 1. The molecule has 6 heteroatoms. The van der Waals surface area contributed by atoms with Crippen molar-refractivity contribution in [2.24, 2.45) is 0 Å². The molecule has 0 spiro atoms. The average molecular weight is 336 g/mol. The van der Waals surface area contributed by atoms with Crippen molar-refractivity contribution in [3.8, 4) is 5.75 Å². The molecule has 1 saturated heterocycles. The Morgan fingerprint density at radius 1 is 1.29 bits per heavy atom. The molecular weight excluding hydrogens is 311 g/mol. The number of amides is 1. The zero-order valence-electron chi connectivity index (χ0n) is 14.5. The van der Waals surface area contributed by atoms with Crippen LogP contribution in [-0.2, 0) is 4.74 Å². The summed E-state index contributed by atoms with van der Waals surface area (Å²) in [6.45, 7) is 6.50. The van der Waals surface area contributed by atoms with E-state index in [1.54, 1.807) is 11.0 Å². The van der Waals surface area contributed by atoms with Crippen molar-refractivity contribution in [1.82, 2.24) is 4.90 Å². The normalized spacial score (nSPS) is 21.0. The van der Waals surface area contributed by atoms with Gasteiger partial charge in [0.15, 0.2) is 0 Å². The maximum absolute atomic E-state index is 14.4. The Bertz CT molecular complexity index is 638. The van der Waals surface area contributed by atoms with Gasteiger partial charge in [0.25, 0.3) is 0 Å². The molecule has 1 saturated carbocycles. The Labute approximate surface area is 141 Å². The van der Waals surface area contributed by atoms with Crippen LogP contribution in [-0.4, -0.2) is 35.8 Å². The first kappa shape index (κ1) is 16.9. The Balaban J connectivity index is 1.72. The highest BCUT2D eigenvalue weighted by atomic mass is 19.1. The van der Waals surface area contributed by atoms with Crippen molar-refractivity contribution in [2.45, 2.75) is 57.7 Å². The fraction of sp³-hybridized carbons (Fsp3) is 0.611. The molecule has 24 heavy (non-hydrogen) atoms. The van der Waals surface area contributed by atoms with E-state index in [0.29, 0.717) is 36.5 Å². The number of hydrogen-bond donors (Lipinski definition) is 1. The lowest BCUT2D eigenvalue weighted by Gasteiger charge is -2.24. The third-order valence-corrected chi connectivity index (χ3v) is 4.23. The Morgan fingerprint density at radius 2 is 2.00 bits per heavy atom. The molecule has 2 aliphatic rings. The number of benzene rings is 1. The van der Waals surface area contributed by atoms with Gasteiger partial charge in [-0.05, 0) is 51.7 Å². The van der Waals surface area contributed by atoms with E-state index in [-0.39, 0.29) is 23.9 Å². The van der Waals surface area contributed by atoms with Crippen molar-refractivity contribution in [1.29, 1.82) is 0 Å². The van der Waals surface area contributed by atoms with Crippen LogP contribution in [0.15, 0.2) is 12.1 Å². The van der Waals surface area contributed by atoms with Gasteiger partial charge in [0.1, 0.15) is 17.2 Å². The molecule has 1 heterocycles. The summed E-state index contributed by atoms with van der Waals surface area (Å²) >= 11 is 0. The highest BCUT2D eigenvalue weighted by Crippen LogP contribution is 2.37. The second-order valence-corrected chi connectivity index (χ2v) is 7.64. The number of carbonyl (C=O) groups is 1. The Kier molecular flexibility index (Phi) is 4.32. The van der Waals surface area contributed by atoms with Gasteiger partial charge in [0.05, 0.1) is 11.8 Å². The lowest BCUT2D eigenvalue weighted by atomic mass is 9.97. The molecule has 1 aliphatic heterocycles. The highest BCUT2D eigenvalue weighted by molar-refractivity contribution is 5.68. The summed E-state index contributed by atoms with van der Waals surface area (Å²) in [6, 6.07) is 3.02. The van der Waals surface area contributed by atoms with Crippen LogP contribution >= 0.6 is 0 Å². The third-order valence-electron chi connectivity index (χ3n) is 4.23. The van der Waals surface area contributed by atoms with Gasteiger partial charge < -0.3 is 20.1 Å². The van der Waals surface area contributed by atoms with Crippen molar-refractivity contribution < 1.29 is 18.7 Å². The number of carbonyl (C=O) groups excluding carboxylic acids is 1. The predicted molar refractivity (Wildman–Crippen MR) is 89.6 cm³/mol. The second kappa shape index (κ2) is 6.15. The number of halogens is 1. The van der Waals surface area contributed by atoms with E-state index < -0.39 is 5.60 Å². The molecule has 2 N–H and O–H groups in total. The summed E-state index contributed by atoms with van der Waals surface area (Å²) in [5, 5.41) is 0. The smallest absolute Gasteiger partial charge is 0.410 e. The molecule has 132 valence electrons. The Morgan fingerprint density at radius 3 is 2.62 bits per heavy atom. The first-order chi connectivity index (χ1) is 11.2. The molecule has 1 aromatic rings. The molecule has 1 amide bonds. The lowest BCUT2D eigenvalue weighted by molar-refractivity contribution is 0.0292. The van der Waals surface area contributed by atoms with E-state index in [2.05, 4.69) is 0 Å². The fourth-order valence-electron chi connectivity index (χ4n) is 2.87. The van der Waals surface area contributed by atoms with Crippen LogP contribution in [0, 0.1) is 5.82 Å². The van der Waals surface area contributed by atoms with Gasteiger partial charge >= 0.3 is 6.09 Å². The quantitative estimate of drug-likeness (QED) is 0.855. The number of ether oxygens (including phenoxy) is 2. The van der Waals surface area contributed by atoms with E-state index >= 15 is 0 Å². The molecule has 0 aromatic heterocycles. The molecule has 1 unspecified atom stereocenters. The van der Waals surface area contributed by atoms with E-state index in [0.717, 1.165) is 12.8 Å². The number of nitrogens with zero attached hydrogens (tertiary/aromatic N) is 1. The number of nitrogens with two attached hydrogens (primary N) is 1. The van der Waals surface area contributed by atoms with Crippen LogP contribution in [0.25, 0.3) is 0 Å². The fourth-order valence-corrected chi connectivity index (χ4v) is 2.87. The molecule has 1 aromatic carbocycles. The van der Waals surface area contributed by atoms with Gasteiger partial charge in [-0.1, -0.05) is 0 Å². The lowest BCUT2D eigenvalue weighted by Crippen LogP contribution is -2.35. The molecule has 3 rings (SSSR count). The summed E-state index contributed by atoms with van der Waals surface area (Å²) < 4.78 is 25.5. The monoisotopic (exact) mass is 336 g/mol. The van der Waals surface area contributed by atoms with Crippen LogP contribution in [0.3, 0.4) is 0 Å². The molecule has 0 radical (unpaired) electrons. The minimum absolute atomic E-state index is 0.0697. The number of hydrogen-bond acceptors (Lipinski definition) is 4. The summed E-state index contributed by atoms with van der Waals surface area (Å²) in [4.78, 5) is 13.8. The minimum Gasteiger partial charge on any atom is -0.488 e. The molecule has 5 nitrogen and oxygen atoms in total. The summed E-state index contributed by atoms with van der Waals surface area (Å²) in [5.41, 5.74) is 6.21. The van der Waals surface area contributed by atoms with E-state index in [4.69, 9.17) is 15.2 Å². The summed E-state index contributed by atoms with van der Waals surface area (Å²) in [6.07, 6.45) is 2.58. The zero-order valence-corrected chi connectivity index (χ0v) is 14.5. The predicted octanol–water partition coefficient (Wildman–Crippen LogP) is 3.67. The maximum Gasteiger partial charge on any atom is 0.410 e. The van der Waals surface area contributed by atoms with Crippen LogP contribution in [0.1, 0.15) is 51.5 Å². The third kappa shape index (κ3) is 3.91. The highest BCUT2D eigenvalue weighted by Gasteiger charge is 2.33. The number of anilines is 1. The van der Waals surface area contributed by atoms with Crippen LogP contribution in [0.4, 0.5) is 14.9 Å². The van der Waals surface area contributed by atoms with Gasteiger partial charge in [0.2, 0.25) is 0 Å². The van der Waals surface area contributed by atoms with Crippen LogP contribution in [0.5, 0.6) is 5.75 Å². The van der Waals surface area contributed by atoms with Gasteiger partial charge in [-0.15, -0.1) is 0 Å². The van der Waals surface area contributed by atoms with Crippen LogP contribution < -0.4 is 10.5 Å². The largest absolute Gasteiger partial charge is 0.488 e. The van der Waals surface area contributed by atoms with Crippen molar-refractivity contribution in [3.63, 3.8) is 0 Å². The van der Waals surface area contributed by atoms with E-state index in [9.17, 15) is 9.18 Å². The average Bonchev–Trinajstić information content (AvgIpc) is 3.13. The topological polar surface area (TPSA) is 64.8 Å². The van der Waals surface area contributed by atoms with Gasteiger partial charge in [-0.2, -0.15) is 0 Å². The zero-order chi connectivity index (χ0) is 17.5. The molecular formula is C18H25FN2O3. The number of rotatable bonds is 3. The van der Waals surface area contributed by atoms with Crippen molar-refractivity contribution in [2.75, 3.05) is 18.8 Å². The Hall–Kier alpha value is -1.98. The standard InChI is InChI=1S/C18H25FN2O3/c1-18(2,3)24-17(22)21-7-6-11(10-21)13-8-16(23-12-4-5-12)15(20)9-14(13)19/h8-9,11-12H,4-7,10,20H2,1-3H3. The summed E-state index contributed by atoms with van der Waals surface area (Å²) in [7, 11) is 0. The molecule has 1 atom stereocenters. The van der Waals surface area contributed by atoms with Crippen molar-refractivity contribution in [3.05, 3.63) is 23.5 Å². The van der Waals surface area contributed by atoms with E-state index in [1.807, 2.05) is 20.8 Å². The van der Waals surface area contributed by atoms with Gasteiger partial charge in [0, 0.05) is 25.1 Å². The summed E-state index contributed by atoms with van der Waals surface area (Å²) in [5.74, 6) is 0.135. The number of likely N-dealkylation sites (tertiary alicyclic amines) is 1. The first-order valence-electron chi connectivity index (χ1n) is 8.46. The first-order valence-corrected chi connectivity index (χ1v) is 8.46. The van der Waals surface area contributed by atoms with Crippen molar-refractivity contribution >= 4 is 11.8 Å². The van der Waals surface area contributed by atoms with Gasteiger partial charge in [-0.25, -0.2) is 9.18 Å². The second-order valence-electron chi connectivity index (χ2n) is 7.64. The molecule has 1 aliphatic carbocycles.